The van der Waals surface area contributed by atoms with Gasteiger partial charge in [0.05, 0.1) is 5.69 Å². The molecule has 3 rings (SSSR count). The lowest BCUT2D eigenvalue weighted by Crippen LogP contribution is -2.35. The lowest BCUT2D eigenvalue weighted by atomic mass is 9.81. The molecule has 0 saturated heterocycles. The van der Waals surface area contributed by atoms with Crippen LogP contribution in [0.5, 0.6) is 0 Å². The van der Waals surface area contributed by atoms with Crippen molar-refractivity contribution in [2.24, 2.45) is 5.41 Å². The summed E-state index contributed by atoms with van der Waals surface area (Å²) in [5.74, 6) is 0.616. The minimum atomic E-state index is 0.0577. The van der Waals surface area contributed by atoms with Gasteiger partial charge >= 0.3 is 0 Å². The molecule has 142 valence electrons. The molecule has 0 radical (unpaired) electrons. The first kappa shape index (κ1) is 19.4. The number of nitrogens with zero attached hydrogens (tertiary/aromatic N) is 1. The molecule has 0 unspecified atom stereocenters. The van der Waals surface area contributed by atoms with Crippen LogP contribution in [0.4, 0.5) is 5.00 Å². The van der Waals surface area contributed by atoms with Crippen LogP contribution in [-0.2, 0) is 0 Å². The van der Waals surface area contributed by atoms with E-state index in [4.69, 9.17) is 4.98 Å². The second-order valence-electron chi connectivity index (χ2n) is 9.68. The predicted octanol–water partition coefficient (Wildman–Crippen LogP) is 7.48. The van der Waals surface area contributed by atoms with Gasteiger partial charge in [-0.05, 0) is 38.5 Å². The second-order valence-corrected chi connectivity index (χ2v) is 10.7. The van der Waals surface area contributed by atoms with Crippen molar-refractivity contribution < 1.29 is 0 Å². The van der Waals surface area contributed by atoms with Crippen molar-refractivity contribution in [1.29, 1.82) is 0 Å². The molecule has 1 aromatic carbocycles. The Balaban J connectivity index is 1.92. The number of rotatable bonds is 5. The molecule has 1 heterocycles. The van der Waals surface area contributed by atoms with Gasteiger partial charge in [0.1, 0.15) is 10.0 Å². The smallest absolute Gasteiger partial charge is 0.125 e. The highest BCUT2D eigenvalue weighted by Crippen LogP contribution is 2.43. The summed E-state index contributed by atoms with van der Waals surface area (Å²) in [4.78, 5) is 5.14. The van der Waals surface area contributed by atoms with Gasteiger partial charge < -0.3 is 5.32 Å². The lowest BCUT2D eigenvalue weighted by Gasteiger charge is -2.34. The summed E-state index contributed by atoms with van der Waals surface area (Å²) < 4.78 is 0. The van der Waals surface area contributed by atoms with Gasteiger partial charge in [-0.15, -0.1) is 0 Å². The molecule has 0 spiro atoms. The molecule has 0 amide bonds. The molecule has 2 nitrogen and oxygen atoms in total. The zero-order chi connectivity index (χ0) is 18.8. The zero-order valence-electron chi connectivity index (χ0n) is 17.1. The lowest BCUT2D eigenvalue weighted by molar-refractivity contribution is 0.302. The summed E-state index contributed by atoms with van der Waals surface area (Å²) in [6.45, 7) is 11.6. The molecule has 26 heavy (non-hydrogen) atoms. The Hall–Kier alpha value is -1.35. The average Bonchev–Trinajstić information content (AvgIpc) is 2.97. The number of hydrogen-bond donors (Lipinski definition) is 1. The Morgan fingerprint density at radius 3 is 2.27 bits per heavy atom. The Morgan fingerprint density at radius 2 is 1.65 bits per heavy atom. The minimum absolute atomic E-state index is 0.0577. The Bertz CT molecular complexity index is 704. The van der Waals surface area contributed by atoms with E-state index in [-0.39, 0.29) is 5.54 Å². The van der Waals surface area contributed by atoms with Crippen LogP contribution in [0.15, 0.2) is 30.3 Å². The molecule has 1 N–H and O–H groups in total. The van der Waals surface area contributed by atoms with Crippen LogP contribution in [0.3, 0.4) is 0 Å². The van der Waals surface area contributed by atoms with Crippen molar-refractivity contribution in [3.8, 4) is 10.6 Å². The molecular weight excluding hydrogens is 336 g/mol. The number of nitrogens with one attached hydrogen (secondary N) is 1. The minimum Gasteiger partial charge on any atom is -0.370 e. The third-order valence-corrected chi connectivity index (χ3v) is 6.13. The highest BCUT2D eigenvalue weighted by atomic mass is 32.1. The number of anilines is 1. The average molecular weight is 371 g/mol. The first-order valence-corrected chi connectivity index (χ1v) is 10.9. The zero-order valence-corrected chi connectivity index (χ0v) is 17.9. The summed E-state index contributed by atoms with van der Waals surface area (Å²) >= 11 is 1.84. The highest BCUT2D eigenvalue weighted by molar-refractivity contribution is 7.19. The Labute approximate surface area is 163 Å². The van der Waals surface area contributed by atoms with Gasteiger partial charge in [0.25, 0.3) is 0 Å². The van der Waals surface area contributed by atoms with E-state index in [1.807, 2.05) is 11.3 Å². The highest BCUT2D eigenvalue weighted by Gasteiger charge is 2.29. The van der Waals surface area contributed by atoms with E-state index in [1.54, 1.807) is 0 Å². The molecule has 1 aliphatic rings. The fraction of sp³-hybridized carbons (Fsp3) is 0.609. The maximum Gasteiger partial charge on any atom is 0.125 e. The molecule has 2 aromatic rings. The van der Waals surface area contributed by atoms with Crippen LogP contribution in [0, 0.1) is 5.41 Å². The van der Waals surface area contributed by atoms with E-state index in [1.165, 1.54) is 48.4 Å². The molecule has 0 bridgehead atoms. The molecule has 0 aliphatic heterocycles. The third-order valence-electron chi connectivity index (χ3n) is 5.09. The molecular formula is C23H34N2S. The monoisotopic (exact) mass is 370 g/mol. The van der Waals surface area contributed by atoms with E-state index in [9.17, 15) is 0 Å². The summed E-state index contributed by atoms with van der Waals surface area (Å²) in [5, 5.41) is 6.34. The molecule has 1 aromatic heterocycles. The fourth-order valence-electron chi connectivity index (χ4n) is 4.46. The fourth-order valence-corrected chi connectivity index (χ4v) is 5.69. The van der Waals surface area contributed by atoms with Gasteiger partial charge in [-0.25, -0.2) is 4.98 Å². The molecule has 1 saturated carbocycles. The van der Waals surface area contributed by atoms with Gasteiger partial charge in [0, 0.05) is 17.0 Å². The third kappa shape index (κ3) is 5.09. The van der Waals surface area contributed by atoms with Crippen molar-refractivity contribution in [3.05, 3.63) is 36.0 Å². The van der Waals surface area contributed by atoms with Crippen molar-refractivity contribution in [1.82, 2.24) is 4.98 Å². The van der Waals surface area contributed by atoms with Crippen LogP contribution in [0.2, 0.25) is 0 Å². The second kappa shape index (κ2) is 7.72. The van der Waals surface area contributed by atoms with Crippen LogP contribution in [0.1, 0.15) is 84.8 Å². The topological polar surface area (TPSA) is 24.9 Å². The first-order valence-electron chi connectivity index (χ1n) is 10.1. The van der Waals surface area contributed by atoms with Crippen molar-refractivity contribution in [2.75, 3.05) is 5.32 Å². The molecule has 3 heteroatoms. The summed E-state index contributed by atoms with van der Waals surface area (Å²) in [5.41, 5.74) is 2.91. The van der Waals surface area contributed by atoms with Crippen molar-refractivity contribution in [2.45, 2.75) is 84.6 Å². The van der Waals surface area contributed by atoms with Gasteiger partial charge in [-0.2, -0.15) is 0 Å². The number of thiazole rings is 1. The largest absolute Gasteiger partial charge is 0.370 e. The van der Waals surface area contributed by atoms with Crippen LogP contribution >= 0.6 is 11.3 Å². The quantitative estimate of drug-likeness (QED) is 0.590. The van der Waals surface area contributed by atoms with E-state index in [2.05, 4.69) is 70.3 Å². The normalized spacial score (nSPS) is 16.7. The Kier molecular flexibility index (Phi) is 5.76. The van der Waals surface area contributed by atoms with Crippen LogP contribution < -0.4 is 5.32 Å². The van der Waals surface area contributed by atoms with E-state index >= 15 is 0 Å². The SMILES string of the molecule is CC(C)(C)CC(C)(C)Nc1sc(-c2ccccc2)nc1C1CCCCC1. The van der Waals surface area contributed by atoms with Gasteiger partial charge in [-0.3, -0.25) is 0 Å². The van der Waals surface area contributed by atoms with Gasteiger partial charge in [0.15, 0.2) is 0 Å². The summed E-state index contributed by atoms with van der Waals surface area (Å²) in [6.07, 6.45) is 7.76. The van der Waals surface area contributed by atoms with Gasteiger partial charge in [-0.1, -0.05) is 81.7 Å². The maximum absolute atomic E-state index is 5.14. The molecule has 1 aliphatic carbocycles. The molecule has 1 fully saturated rings. The number of hydrogen-bond acceptors (Lipinski definition) is 3. The van der Waals surface area contributed by atoms with Crippen LogP contribution in [0.25, 0.3) is 10.6 Å². The summed E-state index contributed by atoms with van der Waals surface area (Å²) in [6, 6.07) is 10.6. The predicted molar refractivity (Wildman–Crippen MR) is 115 cm³/mol. The van der Waals surface area contributed by atoms with Gasteiger partial charge in [0.2, 0.25) is 0 Å². The van der Waals surface area contributed by atoms with Crippen molar-refractivity contribution in [3.63, 3.8) is 0 Å². The van der Waals surface area contributed by atoms with E-state index < -0.39 is 0 Å². The number of aromatic nitrogens is 1. The van der Waals surface area contributed by atoms with Crippen molar-refractivity contribution >= 4 is 16.3 Å². The molecule has 0 atom stereocenters. The number of benzene rings is 1. The van der Waals surface area contributed by atoms with E-state index in [0.717, 1.165) is 11.4 Å². The first-order chi connectivity index (χ1) is 12.2. The summed E-state index contributed by atoms with van der Waals surface area (Å²) in [7, 11) is 0. The maximum atomic E-state index is 5.14. The Morgan fingerprint density at radius 1 is 1.00 bits per heavy atom. The standard InChI is InChI=1S/C23H34N2S/c1-22(2,3)16-23(4,5)25-21-19(17-12-8-6-9-13-17)24-20(26-21)18-14-10-7-11-15-18/h7,10-11,14-15,17,25H,6,8-9,12-13,16H2,1-5H3. The van der Waals surface area contributed by atoms with E-state index in [0.29, 0.717) is 11.3 Å². The van der Waals surface area contributed by atoms with Crippen LogP contribution in [-0.4, -0.2) is 10.5 Å².